The molecule has 7 nitrogen and oxygen atoms in total. The third kappa shape index (κ3) is 4.30. The number of rotatable bonds is 4. The maximum absolute atomic E-state index is 13.3. The first-order chi connectivity index (χ1) is 16.5. The van der Waals surface area contributed by atoms with E-state index in [9.17, 15) is 14.4 Å². The number of likely N-dealkylation sites (N-methyl/N-ethyl adjacent to an activating group) is 1. The minimum atomic E-state index is -0.868. The van der Waals surface area contributed by atoms with E-state index < -0.39 is 17.8 Å². The molecule has 4 rings (SSSR count). The van der Waals surface area contributed by atoms with Gasteiger partial charge in [0, 0.05) is 29.4 Å². The molecule has 0 unspecified atom stereocenters. The molecule has 35 heavy (non-hydrogen) atoms. The van der Waals surface area contributed by atoms with Crippen molar-refractivity contribution in [1.82, 2.24) is 5.32 Å². The van der Waals surface area contributed by atoms with E-state index in [0.29, 0.717) is 11.3 Å². The third-order valence-electron chi connectivity index (χ3n) is 6.21. The smallest absolute Gasteiger partial charge is 0.335 e. The molecule has 2 aromatic carbocycles. The van der Waals surface area contributed by atoms with Gasteiger partial charge in [-0.25, -0.2) is 9.69 Å². The molecule has 0 spiro atoms. The van der Waals surface area contributed by atoms with Gasteiger partial charge in [0.1, 0.15) is 11.3 Å². The van der Waals surface area contributed by atoms with Crippen LogP contribution in [0.3, 0.4) is 0 Å². The number of halogens is 2. The lowest BCUT2D eigenvalue weighted by Crippen LogP contribution is -2.54. The third-order valence-corrected chi connectivity index (χ3v) is 6.95. The van der Waals surface area contributed by atoms with Gasteiger partial charge in [-0.05, 0) is 63.6 Å². The fourth-order valence-corrected chi connectivity index (χ4v) is 4.95. The van der Waals surface area contributed by atoms with Gasteiger partial charge in [0.15, 0.2) is 0 Å². The molecule has 182 valence electrons. The number of hydrogen-bond donors (Lipinski definition) is 1. The average molecular weight is 514 g/mol. The van der Waals surface area contributed by atoms with Gasteiger partial charge < -0.3 is 9.64 Å². The number of nitrogens with zero attached hydrogens (tertiary/aromatic N) is 2. The summed E-state index contributed by atoms with van der Waals surface area (Å²) in [6.07, 6.45) is 3.63. The Morgan fingerprint density at radius 3 is 2.43 bits per heavy atom. The highest BCUT2D eigenvalue weighted by Gasteiger charge is 2.37. The van der Waals surface area contributed by atoms with E-state index in [-0.39, 0.29) is 26.8 Å². The number of hydrogen-bond acceptors (Lipinski definition) is 5. The van der Waals surface area contributed by atoms with Crippen LogP contribution in [0.4, 0.5) is 16.2 Å². The number of benzene rings is 2. The maximum atomic E-state index is 13.3. The van der Waals surface area contributed by atoms with Crippen molar-refractivity contribution < 1.29 is 19.1 Å². The number of ether oxygens (including phenoxy) is 1. The van der Waals surface area contributed by atoms with E-state index in [2.05, 4.69) is 37.1 Å². The first-order valence-corrected chi connectivity index (χ1v) is 11.8. The van der Waals surface area contributed by atoms with Crippen LogP contribution in [0, 0.1) is 0 Å². The quantitative estimate of drug-likeness (QED) is 0.419. The average Bonchev–Trinajstić information content (AvgIpc) is 2.78. The summed E-state index contributed by atoms with van der Waals surface area (Å²) in [7, 11) is 1.53. The number of carbonyl (C=O) groups is 3. The number of fused-ring (bicyclic) bond motifs is 1. The number of anilines is 2. The maximum Gasteiger partial charge on any atom is 0.335 e. The van der Waals surface area contributed by atoms with Gasteiger partial charge in [0.2, 0.25) is 0 Å². The van der Waals surface area contributed by atoms with Crippen LogP contribution in [0.1, 0.15) is 38.8 Å². The van der Waals surface area contributed by atoms with Gasteiger partial charge in [0.05, 0.1) is 28.4 Å². The summed E-state index contributed by atoms with van der Waals surface area (Å²) in [6.45, 7) is 9.19. The van der Waals surface area contributed by atoms with Crippen molar-refractivity contribution in [3.63, 3.8) is 0 Å². The SMILES string of the molecule is CCN1c2cc(OC)c(/C=C3/C(=O)NC(=O)N(c4ccc(Cl)c(Cl)c4)C3=O)cc2C(C)=CC1(C)C. The van der Waals surface area contributed by atoms with Crippen LogP contribution in [-0.2, 0) is 9.59 Å². The zero-order chi connectivity index (χ0) is 25.7. The number of allylic oxidation sites excluding steroid dienone is 1. The molecule has 1 N–H and O–H groups in total. The Kier molecular flexibility index (Phi) is 6.42. The van der Waals surface area contributed by atoms with Crippen LogP contribution < -0.4 is 19.9 Å². The van der Waals surface area contributed by atoms with E-state index >= 15 is 0 Å². The molecule has 0 bridgehead atoms. The largest absolute Gasteiger partial charge is 0.496 e. The highest BCUT2D eigenvalue weighted by Crippen LogP contribution is 2.42. The number of methoxy groups -OCH3 is 1. The van der Waals surface area contributed by atoms with Crippen LogP contribution in [0.5, 0.6) is 5.75 Å². The zero-order valence-corrected chi connectivity index (χ0v) is 21.5. The van der Waals surface area contributed by atoms with Gasteiger partial charge in [-0.15, -0.1) is 0 Å². The van der Waals surface area contributed by atoms with Crippen LogP contribution in [0.15, 0.2) is 42.0 Å². The fraction of sp³-hybridized carbons (Fsp3) is 0.269. The first-order valence-electron chi connectivity index (χ1n) is 11.0. The molecule has 1 fully saturated rings. The molecule has 0 atom stereocenters. The molecule has 0 aliphatic carbocycles. The van der Waals surface area contributed by atoms with E-state index in [4.69, 9.17) is 27.9 Å². The van der Waals surface area contributed by atoms with E-state index in [1.54, 1.807) is 0 Å². The molecule has 2 aliphatic heterocycles. The molecule has 2 aromatic rings. The summed E-state index contributed by atoms with van der Waals surface area (Å²) in [5, 5.41) is 2.67. The standard InChI is InChI=1S/C26H25Cl2N3O4/c1-6-30-21-12-22(35-5)15(9-17(21)14(2)13-26(30,3)4)10-18-23(32)29-25(34)31(24(18)33)16-7-8-19(27)20(28)11-16/h7-13H,6H2,1-5H3,(H,29,32,34)/b18-10-. The van der Waals surface area contributed by atoms with Crippen molar-refractivity contribution in [2.45, 2.75) is 33.2 Å². The highest BCUT2D eigenvalue weighted by molar-refractivity contribution is 6.43. The fourth-order valence-electron chi connectivity index (χ4n) is 4.66. The minimum Gasteiger partial charge on any atom is -0.496 e. The molecule has 4 amide bonds. The second kappa shape index (κ2) is 9.06. The second-order valence-electron chi connectivity index (χ2n) is 8.89. The summed E-state index contributed by atoms with van der Waals surface area (Å²) in [6, 6.07) is 7.29. The number of urea groups is 1. The van der Waals surface area contributed by atoms with Gasteiger partial charge in [-0.3, -0.25) is 14.9 Å². The lowest BCUT2D eigenvalue weighted by molar-refractivity contribution is -0.122. The number of imide groups is 2. The van der Waals surface area contributed by atoms with Gasteiger partial charge in [-0.1, -0.05) is 29.3 Å². The monoisotopic (exact) mass is 513 g/mol. The molecular weight excluding hydrogens is 489 g/mol. The summed E-state index contributed by atoms with van der Waals surface area (Å²) in [5.74, 6) is -1.07. The molecule has 1 saturated heterocycles. The number of nitrogens with one attached hydrogen (secondary N) is 1. The lowest BCUT2D eigenvalue weighted by atomic mass is 9.87. The number of barbiturate groups is 1. The Labute approximate surface area is 213 Å². The van der Waals surface area contributed by atoms with Crippen molar-refractivity contribution in [3.8, 4) is 5.75 Å². The summed E-state index contributed by atoms with van der Waals surface area (Å²) in [5.41, 5.74) is 3.39. The van der Waals surface area contributed by atoms with Gasteiger partial charge >= 0.3 is 6.03 Å². The Morgan fingerprint density at radius 1 is 1.09 bits per heavy atom. The summed E-state index contributed by atoms with van der Waals surface area (Å²) in [4.78, 5) is 41.7. The summed E-state index contributed by atoms with van der Waals surface area (Å²) < 4.78 is 5.63. The van der Waals surface area contributed by atoms with Crippen molar-refractivity contribution in [3.05, 3.63) is 63.2 Å². The van der Waals surface area contributed by atoms with Gasteiger partial charge in [0.25, 0.3) is 11.8 Å². The molecule has 0 radical (unpaired) electrons. The van der Waals surface area contributed by atoms with E-state index in [1.165, 1.54) is 31.4 Å². The summed E-state index contributed by atoms with van der Waals surface area (Å²) >= 11 is 12.0. The van der Waals surface area contributed by atoms with E-state index in [0.717, 1.165) is 28.3 Å². The van der Waals surface area contributed by atoms with Crippen molar-refractivity contribution in [2.75, 3.05) is 23.5 Å². The van der Waals surface area contributed by atoms with Crippen molar-refractivity contribution in [1.29, 1.82) is 0 Å². The molecule has 0 aromatic heterocycles. The molecular formula is C26H25Cl2N3O4. The first kappa shape index (κ1) is 24.8. The Bertz CT molecular complexity index is 1330. The number of amides is 4. The predicted molar refractivity (Wildman–Crippen MR) is 139 cm³/mol. The molecule has 9 heteroatoms. The zero-order valence-electron chi connectivity index (χ0n) is 20.0. The second-order valence-corrected chi connectivity index (χ2v) is 9.71. The molecule has 0 saturated carbocycles. The van der Waals surface area contributed by atoms with Crippen LogP contribution in [-0.4, -0.2) is 37.0 Å². The lowest BCUT2D eigenvalue weighted by Gasteiger charge is -2.43. The molecule has 2 aliphatic rings. The highest BCUT2D eigenvalue weighted by atomic mass is 35.5. The predicted octanol–water partition coefficient (Wildman–Crippen LogP) is 5.69. The van der Waals surface area contributed by atoms with E-state index in [1.807, 2.05) is 19.1 Å². The Balaban J connectivity index is 1.83. The molecule has 2 heterocycles. The van der Waals surface area contributed by atoms with Crippen LogP contribution in [0.25, 0.3) is 11.6 Å². The Hall–Kier alpha value is -3.29. The number of carbonyl (C=O) groups excluding carboxylic acids is 3. The Morgan fingerprint density at radius 2 is 1.80 bits per heavy atom. The van der Waals surface area contributed by atoms with Crippen LogP contribution >= 0.6 is 23.2 Å². The topological polar surface area (TPSA) is 79.0 Å². The van der Waals surface area contributed by atoms with Gasteiger partial charge in [-0.2, -0.15) is 0 Å². The van der Waals surface area contributed by atoms with Crippen molar-refractivity contribution >= 4 is 64.1 Å². The van der Waals surface area contributed by atoms with Crippen molar-refractivity contribution in [2.24, 2.45) is 0 Å². The van der Waals surface area contributed by atoms with Crippen LogP contribution in [0.2, 0.25) is 10.0 Å². The normalized spacial score (nSPS) is 18.4. The minimum absolute atomic E-state index is 0.175.